The van der Waals surface area contributed by atoms with Crippen molar-refractivity contribution in [2.45, 2.75) is 10.2 Å². The van der Waals surface area contributed by atoms with E-state index in [9.17, 15) is 0 Å². The number of aromatic nitrogens is 6. The number of hydrogen-bond donors (Lipinski definition) is 1. The molecule has 0 aliphatic rings. The molecular weight excluding hydrogens is 310 g/mol. The molecule has 1 N–H and O–H groups in total. The Kier molecular flexibility index (Phi) is 3.98. The second-order valence-electron chi connectivity index (χ2n) is 3.88. The van der Waals surface area contributed by atoms with E-state index in [0.717, 1.165) is 5.03 Å². The van der Waals surface area contributed by atoms with Crippen LogP contribution in [-0.4, -0.2) is 36.5 Å². The maximum atomic E-state index is 5.82. The maximum absolute atomic E-state index is 5.82. The molecule has 3 aromatic heterocycles. The molecule has 0 amide bonds. The minimum atomic E-state index is 0.477. The van der Waals surface area contributed by atoms with Crippen molar-refractivity contribution < 1.29 is 0 Å². The van der Waals surface area contributed by atoms with Crippen molar-refractivity contribution in [1.82, 2.24) is 29.5 Å². The summed E-state index contributed by atoms with van der Waals surface area (Å²) in [5.41, 5.74) is 0. The van der Waals surface area contributed by atoms with Crippen LogP contribution in [0.15, 0.2) is 47.2 Å². The molecule has 0 aliphatic heterocycles. The van der Waals surface area contributed by atoms with E-state index >= 15 is 0 Å². The molecular formula is C12H10ClN7S. The largest absolute Gasteiger partial charge is 0.357 e. The molecule has 3 rings (SSSR count). The zero-order chi connectivity index (χ0) is 14.7. The quantitative estimate of drug-likeness (QED) is 0.790. The predicted molar refractivity (Wildman–Crippen MR) is 79.9 cm³/mol. The van der Waals surface area contributed by atoms with Crippen molar-refractivity contribution in [3.8, 4) is 5.95 Å². The van der Waals surface area contributed by atoms with Gasteiger partial charge in [-0.25, -0.2) is 9.97 Å². The highest BCUT2D eigenvalue weighted by Gasteiger charge is 2.09. The van der Waals surface area contributed by atoms with Gasteiger partial charge in [0.2, 0.25) is 17.1 Å². The summed E-state index contributed by atoms with van der Waals surface area (Å²) < 4.78 is 1.71. The summed E-state index contributed by atoms with van der Waals surface area (Å²) in [4.78, 5) is 21.2. The van der Waals surface area contributed by atoms with Crippen molar-refractivity contribution in [1.29, 1.82) is 0 Å². The Morgan fingerprint density at radius 2 is 2.14 bits per heavy atom. The van der Waals surface area contributed by atoms with Crippen LogP contribution in [-0.2, 0) is 0 Å². The van der Waals surface area contributed by atoms with Gasteiger partial charge in [-0.15, -0.1) is 0 Å². The molecule has 0 bridgehead atoms. The molecule has 0 aromatic carbocycles. The topological polar surface area (TPSA) is 81.4 Å². The van der Waals surface area contributed by atoms with E-state index in [1.54, 1.807) is 42.6 Å². The summed E-state index contributed by atoms with van der Waals surface area (Å²) in [7, 11) is 1.75. The second kappa shape index (κ2) is 6.06. The molecule has 21 heavy (non-hydrogen) atoms. The van der Waals surface area contributed by atoms with E-state index in [1.165, 1.54) is 11.8 Å². The first-order valence-corrected chi connectivity index (χ1v) is 7.15. The molecule has 0 aliphatic carbocycles. The SMILES string of the molecule is CNc1nc(Sc2ccc(Cl)cn2)nc(-n2ccnc2)n1. The average Bonchev–Trinajstić information content (AvgIpc) is 3.04. The van der Waals surface area contributed by atoms with E-state index in [0.29, 0.717) is 22.1 Å². The minimum Gasteiger partial charge on any atom is -0.357 e. The van der Waals surface area contributed by atoms with Gasteiger partial charge in [0.1, 0.15) is 11.4 Å². The molecule has 3 aromatic rings. The number of pyridine rings is 1. The Bertz CT molecular complexity index is 730. The zero-order valence-electron chi connectivity index (χ0n) is 10.9. The Labute approximate surface area is 129 Å². The third-order valence-electron chi connectivity index (χ3n) is 2.46. The Balaban J connectivity index is 1.94. The van der Waals surface area contributed by atoms with Gasteiger partial charge < -0.3 is 5.32 Å². The van der Waals surface area contributed by atoms with Crippen LogP contribution in [0, 0.1) is 0 Å². The summed E-state index contributed by atoms with van der Waals surface area (Å²) >= 11 is 7.15. The highest BCUT2D eigenvalue weighted by Crippen LogP contribution is 2.24. The molecule has 7 nitrogen and oxygen atoms in total. The van der Waals surface area contributed by atoms with Gasteiger partial charge in [0.15, 0.2) is 0 Å². The van der Waals surface area contributed by atoms with Gasteiger partial charge in [-0.3, -0.25) is 4.57 Å². The Hall–Kier alpha value is -2.19. The standard InChI is InChI=1S/C12H10ClN7S/c1-14-10-17-11(20-5-4-15-7-20)19-12(18-10)21-9-3-2-8(13)6-16-9/h2-7H,1H3,(H,14,17,18,19). The van der Waals surface area contributed by atoms with Crippen molar-refractivity contribution in [3.05, 3.63) is 42.1 Å². The van der Waals surface area contributed by atoms with Gasteiger partial charge in [-0.2, -0.15) is 15.0 Å². The summed E-state index contributed by atoms with van der Waals surface area (Å²) in [5, 5.41) is 4.79. The summed E-state index contributed by atoms with van der Waals surface area (Å²) in [6.07, 6.45) is 6.64. The molecule has 3 heterocycles. The van der Waals surface area contributed by atoms with Crippen LogP contribution in [0.25, 0.3) is 5.95 Å². The van der Waals surface area contributed by atoms with Gasteiger partial charge in [0.05, 0.1) is 5.02 Å². The van der Waals surface area contributed by atoms with Crippen molar-refractivity contribution >= 4 is 29.3 Å². The molecule has 0 unspecified atom stereocenters. The molecule has 0 fully saturated rings. The number of halogens is 1. The molecule has 0 radical (unpaired) electrons. The van der Waals surface area contributed by atoms with Crippen LogP contribution < -0.4 is 5.32 Å². The fourth-order valence-corrected chi connectivity index (χ4v) is 2.31. The van der Waals surface area contributed by atoms with Crippen molar-refractivity contribution in [2.24, 2.45) is 0 Å². The van der Waals surface area contributed by atoms with E-state index in [-0.39, 0.29) is 0 Å². The van der Waals surface area contributed by atoms with Gasteiger partial charge >= 0.3 is 0 Å². The predicted octanol–water partition coefficient (Wildman–Crippen LogP) is 2.30. The Morgan fingerprint density at radius 3 is 2.81 bits per heavy atom. The molecule has 0 atom stereocenters. The molecule has 0 saturated carbocycles. The number of rotatable bonds is 4. The zero-order valence-corrected chi connectivity index (χ0v) is 12.5. The average molecular weight is 320 g/mol. The number of imidazole rings is 1. The lowest BCUT2D eigenvalue weighted by atomic mass is 10.5. The fraction of sp³-hybridized carbons (Fsp3) is 0.0833. The fourth-order valence-electron chi connectivity index (χ4n) is 1.51. The number of nitrogens with zero attached hydrogens (tertiary/aromatic N) is 6. The normalized spacial score (nSPS) is 10.6. The van der Waals surface area contributed by atoms with Crippen LogP contribution in [0.2, 0.25) is 5.02 Å². The monoisotopic (exact) mass is 319 g/mol. The summed E-state index contributed by atoms with van der Waals surface area (Å²) in [6.45, 7) is 0. The third kappa shape index (κ3) is 3.29. The number of nitrogens with one attached hydrogen (secondary N) is 1. The van der Waals surface area contributed by atoms with Gasteiger partial charge in [-0.1, -0.05) is 11.6 Å². The van der Waals surface area contributed by atoms with Crippen LogP contribution in [0.4, 0.5) is 5.95 Å². The third-order valence-corrected chi connectivity index (χ3v) is 3.50. The van der Waals surface area contributed by atoms with Gasteiger partial charge in [-0.05, 0) is 23.9 Å². The number of hydrogen-bond acceptors (Lipinski definition) is 7. The highest BCUT2D eigenvalue weighted by atomic mass is 35.5. The van der Waals surface area contributed by atoms with E-state index in [4.69, 9.17) is 11.6 Å². The summed E-state index contributed by atoms with van der Waals surface area (Å²) in [5.74, 6) is 0.966. The van der Waals surface area contributed by atoms with E-state index in [2.05, 4.69) is 30.2 Å². The lowest BCUT2D eigenvalue weighted by molar-refractivity contribution is 0.827. The Morgan fingerprint density at radius 1 is 1.24 bits per heavy atom. The maximum Gasteiger partial charge on any atom is 0.240 e. The lowest BCUT2D eigenvalue weighted by Gasteiger charge is -2.06. The van der Waals surface area contributed by atoms with E-state index in [1.807, 2.05) is 6.07 Å². The first kappa shape index (κ1) is 13.8. The van der Waals surface area contributed by atoms with Crippen molar-refractivity contribution in [2.75, 3.05) is 12.4 Å². The van der Waals surface area contributed by atoms with Crippen LogP contribution in [0.1, 0.15) is 0 Å². The molecule has 0 spiro atoms. The molecule has 9 heteroatoms. The van der Waals surface area contributed by atoms with Crippen LogP contribution in [0.3, 0.4) is 0 Å². The smallest absolute Gasteiger partial charge is 0.240 e. The van der Waals surface area contributed by atoms with Gasteiger partial charge in [0.25, 0.3) is 0 Å². The molecule has 0 saturated heterocycles. The van der Waals surface area contributed by atoms with Crippen LogP contribution >= 0.6 is 23.4 Å². The number of anilines is 1. The summed E-state index contributed by atoms with van der Waals surface area (Å²) in [6, 6.07) is 3.58. The lowest BCUT2D eigenvalue weighted by Crippen LogP contribution is -2.06. The van der Waals surface area contributed by atoms with Gasteiger partial charge in [0, 0.05) is 25.6 Å². The van der Waals surface area contributed by atoms with E-state index < -0.39 is 0 Å². The second-order valence-corrected chi connectivity index (χ2v) is 5.30. The minimum absolute atomic E-state index is 0.477. The van der Waals surface area contributed by atoms with Crippen molar-refractivity contribution in [3.63, 3.8) is 0 Å². The first-order valence-electron chi connectivity index (χ1n) is 5.96. The molecule has 106 valence electrons. The highest BCUT2D eigenvalue weighted by molar-refractivity contribution is 7.99. The first-order chi connectivity index (χ1) is 10.2. The van der Waals surface area contributed by atoms with Crippen LogP contribution in [0.5, 0.6) is 0 Å².